The van der Waals surface area contributed by atoms with E-state index in [0.29, 0.717) is 36.6 Å². The van der Waals surface area contributed by atoms with Gasteiger partial charge in [0.25, 0.3) is 0 Å². The van der Waals surface area contributed by atoms with E-state index in [1.165, 1.54) is 12.8 Å². The van der Waals surface area contributed by atoms with Gasteiger partial charge in [0, 0.05) is 30.1 Å². The summed E-state index contributed by atoms with van der Waals surface area (Å²) >= 11 is 0. The van der Waals surface area contributed by atoms with Crippen LogP contribution < -0.4 is 10.6 Å². The molecular formula is C19H24N6O. The minimum absolute atomic E-state index is 0.260. The van der Waals surface area contributed by atoms with Gasteiger partial charge in [0.1, 0.15) is 11.6 Å². The number of aliphatic imine (C=N–C) groups is 1. The molecule has 136 valence electrons. The normalized spacial score (nSPS) is 21.1. The van der Waals surface area contributed by atoms with Gasteiger partial charge < -0.3 is 15.4 Å². The van der Waals surface area contributed by atoms with Crippen LogP contribution >= 0.6 is 0 Å². The molecule has 0 unspecified atom stereocenters. The molecule has 0 aromatic carbocycles. The lowest BCUT2D eigenvalue weighted by Crippen LogP contribution is -2.44. The molecule has 0 amide bonds. The summed E-state index contributed by atoms with van der Waals surface area (Å²) < 4.78 is 5.56. The summed E-state index contributed by atoms with van der Waals surface area (Å²) in [5.74, 6) is 3.26. The highest BCUT2D eigenvalue weighted by molar-refractivity contribution is 5.88. The van der Waals surface area contributed by atoms with Gasteiger partial charge in [0.05, 0.1) is 19.3 Å². The number of nitrogen functional groups attached to an aromatic ring is 1. The van der Waals surface area contributed by atoms with Crippen LogP contribution in [-0.4, -0.2) is 46.5 Å². The van der Waals surface area contributed by atoms with Gasteiger partial charge in [-0.25, -0.2) is 19.9 Å². The Bertz CT molecular complexity index is 833. The number of hydrogen-bond donors (Lipinski definition) is 1. The molecule has 7 nitrogen and oxygen atoms in total. The third-order valence-corrected chi connectivity index (χ3v) is 4.86. The smallest absolute Gasteiger partial charge is 0.164 e. The maximum Gasteiger partial charge on any atom is 0.164 e. The number of nitrogens with zero attached hydrogens (tertiary/aromatic N) is 5. The second-order valence-electron chi connectivity index (χ2n) is 7.02. The molecule has 2 aliphatic rings. The molecule has 0 radical (unpaired) electrons. The molecule has 0 spiro atoms. The fourth-order valence-electron chi connectivity index (χ4n) is 3.18. The van der Waals surface area contributed by atoms with Crippen LogP contribution in [-0.2, 0) is 4.74 Å². The molecule has 1 aliphatic carbocycles. The molecule has 1 saturated heterocycles. The van der Waals surface area contributed by atoms with Crippen molar-refractivity contribution in [2.75, 3.05) is 30.4 Å². The van der Waals surface area contributed by atoms with Crippen molar-refractivity contribution in [3.8, 4) is 11.4 Å². The number of anilines is 2. The Morgan fingerprint density at radius 3 is 2.88 bits per heavy atom. The quantitative estimate of drug-likeness (QED) is 0.851. The Labute approximate surface area is 153 Å². The van der Waals surface area contributed by atoms with Crippen LogP contribution in [0.5, 0.6) is 0 Å². The highest BCUT2D eigenvalue weighted by Gasteiger charge is 2.25. The van der Waals surface area contributed by atoms with E-state index < -0.39 is 0 Å². The molecule has 2 fully saturated rings. The molecule has 1 atom stereocenters. The summed E-state index contributed by atoms with van der Waals surface area (Å²) in [5, 5.41) is 0. The van der Waals surface area contributed by atoms with Crippen molar-refractivity contribution < 1.29 is 4.74 Å². The molecule has 1 saturated carbocycles. The average Bonchev–Trinajstić information content (AvgIpc) is 3.47. The van der Waals surface area contributed by atoms with E-state index in [-0.39, 0.29) is 6.04 Å². The first kappa shape index (κ1) is 16.9. The van der Waals surface area contributed by atoms with Gasteiger partial charge in [0.15, 0.2) is 11.6 Å². The Morgan fingerprint density at radius 2 is 2.15 bits per heavy atom. The summed E-state index contributed by atoms with van der Waals surface area (Å²) in [6, 6.07) is 5.90. The second kappa shape index (κ2) is 6.99. The van der Waals surface area contributed by atoms with Gasteiger partial charge in [-0.2, -0.15) is 0 Å². The Kier molecular flexibility index (Phi) is 4.55. The van der Waals surface area contributed by atoms with Gasteiger partial charge in [0.2, 0.25) is 0 Å². The zero-order valence-electron chi connectivity index (χ0n) is 15.2. The minimum atomic E-state index is 0.260. The Morgan fingerprint density at radius 1 is 1.31 bits per heavy atom. The Balaban J connectivity index is 1.77. The van der Waals surface area contributed by atoms with Crippen LogP contribution in [0.2, 0.25) is 0 Å². The van der Waals surface area contributed by atoms with Crippen molar-refractivity contribution in [2.24, 2.45) is 10.9 Å². The SMILES string of the molecule is CC(=Nc1cc(N2CCOC[C@H]2C)nc(-c2ccnc(N)c2)n1)C1CC1. The van der Waals surface area contributed by atoms with Crippen LogP contribution in [0.1, 0.15) is 26.7 Å². The van der Waals surface area contributed by atoms with Crippen LogP contribution in [0.4, 0.5) is 17.5 Å². The molecule has 3 heterocycles. The van der Waals surface area contributed by atoms with Crippen molar-refractivity contribution in [2.45, 2.75) is 32.7 Å². The summed E-state index contributed by atoms with van der Waals surface area (Å²) in [4.78, 5) is 20.6. The Hall–Kier alpha value is -2.54. The van der Waals surface area contributed by atoms with Crippen molar-refractivity contribution in [3.05, 3.63) is 24.4 Å². The van der Waals surface area contributed by atoms with Crippen LogP contribution in [0.3, 0.4) is 0 Å². The molecular weight excluding hydrogens is 328 g/mol. The van der Waals surface area contributed by atoms with Gasteiger partial charge in [-0.1, -0.05) is 0 Å². The van der Waals surface area contributed by atoms with Crippen molar-refractivity contribution in [1.29, 1.82) is 0 Å². The number of nitrogens with two attached hydrogens (primary N) is 1. The zero-order valence-corrected chi connectivity index (χ0v) is 15.2. The number of morpholine rings is 1. The lowest BCUT2D eigenvalue weighted by atomic mass is 10.2. The fourth-order valence-corrected chi connectivity index (χ4v) is 3.18. The molecule has 2 aromatic rings. The summed E-state index contributed by atoms with van der Waals surface area (Å²) in [7, 11) is 0. The molecule has 0 bridgehead atoms. The van der Waals surface area contributed by atoms with E-state index in [9.17, 15) is 0 Å². The van der Waals surface area contributed by atoms with Crippen LogP contribution in [0, 0.1) is 5.92 Å². The van der Waals surface area contributed by atoms with Gasteiger partial charge in [-0.15, -0.1) is 0 Å². The molecule has 4 rings (SSSR count). The maximum absolute atomic E-state index is 5.84. The first-order valence-electron chi connectivity index (χ1n) is 9.10. The highest BCUT2D eigenvalue weighted by Crippen LogP contribution is 2.33. The fraction of sp³-hybridized carbons (Fsp3) is 0.474. The van der Waals surface area contributed by atoms with E-state index in [0.717, 1.165) is 23.6 Å². The monoisotopic (exact) mass is 352 g/mol. The van der Waals surface area contributed by atoms with E-state index in [4.69, 9.17) is 20.4 Å². The molecule has 26 heavy (non-hydrogen) atoms. The second-order valence-corrected chi connectivity index (χ2v) is 7.02. The zero-order chi connectivity index (χ0) is 18.1. The standard InChI is InChI=1S/C19H24N6O/c1-12-11-26-8-7-25(12)18-10-17(22-13(2)14-3-4-14)23-19(24-18)15-5-6-21-16(20)9-15/h5-6,9-10,12,14H,3-4,7-8,11H2,1-2H3,(H2,20,21)/t12-/m1/s1. The van der Waals surface area contributed by atoms with Crippen molar-refractivity contribution in [3.63, 3.8) is 0 Å². The number of hydrogen-bond acceptors (Lipinski definition) is 7. The van der Waals surface area contributed by atoms with E-state index >= 15 is 0 Å². The van der Waals surface area contributed by atoms with Gasteiger partial charge in [-0.05, 0) is 44.7 Å². The number of rotatable bonds is 4. The third-order valence-electron chi connectivity index (χ3n) is 4.86. The van der Waals surface area contributed by atoms with E-state index in [1.807, 2.05) is 12.1 Å². The van der Waals surface area contributed by atoms with E-state index in [1.54, 1.807) is 12.3 Å². The van der Waals surface area contributed by atoms with Gasteiger partial charge >= 0.3 is 0 Å². The molecule has 2 N–H and O–H groups in total. The van der Waals surface area contributed by atoms with E-state index in [2.05, 4.69) is 28.7 Å². The average molecular weight is 352 g/mol. The topological polar surface area (TPSA) is 89.5 Å². The maximum atomic E-state index is 5.84. The van der Waals surface area contributed by atoms with Crippen LogP contribution in [0.15, 0.2) is 29.4 Å². The molecule has 2 aromatic heterocycles. The van der Waals surface area contributed by atoms with Crippen molar-refractivity contribution in [1.82, 2.24) is 15.0 Å². The molecule has 7 heteroatoms. The summed E-state index contributed by atoms with van der Waals surface area (Å²) in [6.45, 7) is 6.43. The number of ether oxygens (including phenoxy) is 1. The minimum Gasteiger partial charge on any atom is -0.384 e. The lowest BCUT2D eigenvalue weighted by molar-refractivity contribution is 0.0985. The van der Waals surface area contributed by atoms with Gasteiger partial charge in [-0.3, -0.25) is 0 Å². The third kappa shape index (κ3) is 3.67. The van der Waals surface area contributed by atoms with Crippen LogP contribution in [0.25, 0.3) is 11.4 Å². The molecule has 1 aliphatic heterocycles. The summed E-state index contributed by atoms with van der Waals surface area (Å²) in [5.41, 5.74) is 7.84. The first-order chi connectivity index (χ1) is 12.6. The first-order valence-corrected chi connectivity index (χ1v) is 9.10. The lowest BCUT2D eigenvalue weighted by Gasteiger charge is -2.34. The predicted octanol–water partition coefficient (Wildman–Crippen LogP) is 2.85. The summed E-state index contributed by atoms with van der Waals surface area (Å²) in [6.07, 6.45) is 4.12. The number of aromatic nitrogens is 3. The highest BCUT2D eigenvalue weighted by atomic mass is 16.5. The largest absolute Gasteiger partial charge is 0.384 e. The number of pyridine rings is 1. The van der Waals surface area contributed by atoms with Crippen molar-refractivity contribution >= 4 is 23.2 Å². The predicted molar refractivity (Wildman–Crippen MR) is 103 cm³/mol.